The van der Waals surface area contributed by atoms with Crippen LogP contribution in [0.25, 0.3) is 11.0 Å². The molecule has 1 atom stereocenters. The number of rotatable bonds is 4. The number of anilines is 1. The van der Waals surface area contributed by atoms with Gasteiger partial charge in [-0.3, -0.25) is 4.79 Å². The highest BCUT2D eigenvalue weighted by Gasteiger charge is 2.38. The second-order valence-electron chi connectivity index (χ2n) is 6.82. The number of aryl methyl sites for hydroxylation is 1. The molecule has 1 N–H and O–H groups in total. The summed E-state index contributed by atoms with van der Waals surface area (Å²) in [5.41, 5.74) is 2.53. The average Bonchev–Trinajstić information content (AvgIpc) is 3.18. The van der Waals surface area contributed by atoms with Crippen LogP contribution in [0.4, 0.5) is 5.69 Å². The topological polar surface area (TPSA) is 92.3 Å². The lowest BCUT2D eigenvalue weighted by Gasteiger charge is -2.33. The number of sulfonamides is 1. The maximum absolute atomic E-state index is 13.4. The zero-order valence-corrected chi connectivity index (χ0v) is 17.0. The molecule has 1 unspecified atom stereocenters. The Labute approximate surface area is 167 Å². The molecular formula is C19H20N4O3S2. The number of aromatic nitrogens is 2. The molecular weight excluding hydrogens is 396 g/mol. The first-order valence-corrected chi connectivity index (χ1v) is 11.2. The molecule has 9 heteroatoms. The third-order valence-electron chi connectivity index (χ3n) is 4.99. The molecule has 146 valence electrons. The Morgan fingerprint density at radius 3 is 2.79 bits per heavy atom. The highest BCUT2D eigenvalue weighted by Crippen LogP contribution is 2.30. The van der Waals surface area contributed by atoms with Crippen LogP contribution in [-0.4, -0.2) is 40.0 Å². The van der Waals surface area contributed by atoms with Crippen molar-refractivity contribution < 1.29 is 13.2 Å². The van der Waals surface area contributed by atoms with Gasteiger partial charge < -0.3 is 5.32 Å². The minimum atomic E-state index is -3.88. The fourth-order valence-corrected chi connectivity index (χ4v) is 5.91. The van der Waals surface area contributed by atoms with Crippen molar-refractivity contribution in [3.8, 4) is 0 Å². The van der Waals surface area contributed by atoms with Crippen molar-refractivity contribution in [1.29, 1.82) is 0 Å². The Morgan fingerprint density at radius 1 is 1.14 bits per heavy atom. The SMILES string of the molecule is Cc1ccccc1NC(=O)C1CCCCN1S(=O)(=O)c1cccc2nsnc12. The van der Waals surface area contributed by atoms with Crippen molar-refractivity contribution in [2.45, 2.75) is 37.1 Å². The van der Waals surface area contributed by atoms with E-state index in [1.165, 1.54) is 10.4 Å². The van der Waals surface area contributed by atoms with Gasteiger partial charge in [0, 0.05) is 12.2 Å². The lowest BCUT2D eigenvalue weighted by Crippen LogP contribution is -2.49. The first kappa shape index (κ1) is 19.0. The smallest absolute Gasteiger partial charge is 0.246 e. The molecule has 3 aromatic rings. The number of carbonyl (C=O) groups excluding carboxylic acids is 1. The number of hydrogen-bond acceptors (Lipinski definition) is 6. The molecule has 1 saturated heterocycles. The number of hydrogen-bond donors (Lipinski definition) is 1. The Balaban J connectivity index is 1.67. The van der Waals surface area contributed by atoms with Gasteiger partial charge in [-0.15, -0.1) is 0 Å². The zero-order chi connectivity index (χ0) is 19.7. The van der Waals surface area contributed by atoms with Gasteiger partial charge >= 0.3 is 0 Å². The molecule has 1 amide bonds. The molecule has 1 aliphatic heterocycles. The van der Waals surface area contributed by atoms with Crippen molar-refractivity contribution in [3.63, 3.8) is 0 Å². The average molecular weight is 417 g/mol. The first-order chi connectivity index (χ1) is 13.5. The van der Waals surface area contributed by atoms with Crippen LogP contribution in [-0.2, 0) is 14.8 Å². The van der Waals surface area contributed by atoms with E-state index in [4.69, 9.17) is 0 Å². The van der Waals surface area contributed by atoms with E-state index in [9.17, 15) is 13.2 Å². The molecule has 0 bridgehead atoms. The second-order valence-corrected chi connectivity index (χ2v) is 9.21. The Bertz CT molecular complexity index is 1130. The van der Waals surface area contributed by atoms with Crippen molar-refractivity contribution in [3.05, 3.63) is 48.0 Å². The van der Waals surface area contributed by atoms with Crippen LogP contribution in [0.2, 0.25) is 0 Å². The fourth-order valence-electron chi connectivity index (χ4n) is 3.50. The normalized spacial score (nSPS) is 18.2. The van der Waals surface area contributed by atoms with E-state index in [0.717, 1.165) is 30.1 Å². The van der Waals surface area contributed by atoms with E-state index < -0.39 is 16.1 Å². The lowest BCUT2D eigenvalue weighted by atomic mass is 10.0. The maximum atomic E-state index is 13.4. The van der Waals surface area contributed by atoms with Crippen molar-refractivity contribution >= 4 is 44.4 Å². The monoisotopic (exact) mass is 416 g/mol. The summed E-state index contributed by atoms with van der Waals surface area (Å²) in [6.45, 7) is 2.21. The number of fused-ring (bicyclic) bond motifs is 1. The van der Waals surface area contributed by atoms with Crippen LogP contribution in [0, 0.1) is 6.92 Å². The third kappa shape index (κ3) is 3.41. The second kappa shape index (κ2) is 7.57. The summed E-state index contributed by atoms with van der Waals surface area (Å²) in [4.78, 5) is 13.1. The van der Waals surface area contributed by atoms with E-state index in [1.54, 1.807) is 12.1 Å². The number of amides is 1. The lowest BCUT2D eigenvalue weighted by molar-refractivity contribution is -0.120. The van der Waals surface area contributed by atoms with Crippen LogP contribution in [0.3, 0.4) is 0 Å². The predicted molar refractivity (Wildman–Crippen MR) is 109 cm³/mol. The van der Waals surface area contributed by atoms with E-state index >= 15 is 0 Å². The summed E-state index contributed by atoms with van der Waals surface area (Å²) in [5, 5.41) is 2.89. The van der Waals surface area contributed by atoms with Gasteiger partial charge in [0.1, 0.15) is 22.0 Å². The number of piperidine rings is 1. The van der Waals surface area contributed by atoms with Gasteiger partial charge in [-0.25, -0.2) is 8.42 Å². The predicted octanol–water partition coefficient (Wildman–Crippen LogP) is 3.18. The molecule has 1 fully saturated rings. The summed E-state index contributed by atoms with van der Waals surface area (Å²) in [6, 6.07) is 11.6. The minimum Gasteiger partial charge on any atom is -0.324 e. The fraction of sp³-hybridized carbons (Fsp3) is 0.316. The van der Waals surface area contributed by atoms with Gasteiger partial charge in [-0.05, 0) is 43.5 Å². The summed E-state index contributed by atoms with van der Waals surface area (Å²) < 4.78 is 36.4. The number of carbonyl (C=O) groups is 1. The highest BCUT2D eigenvalue weighted by molar-refractivity contribution is 7.89. The van der Waals surface area contributed by atoms with Crippen LogP contribution in [0.5, 0.6) is 0 Å². The molecule has 0 spiro atoms. The van der Waals surface area contributed by atoms with Gasteiger partial charge in [0.15, 0.2) is 0 Å². The van der Waals surface area contributed by atoms with Gasteiger partial charge in [-0.1, -0.05) is 30.7 Å². The molecule has 28 heavy (non-hydrogen) atoms. The summed E-state index contributed by atoms with van der Waals surface area (Å²) in [6.07, 6.45) is 2.02. The summed E-state index contributed by atoms with van der Waals surface area (Å²) in [7, 11) is -3.88. The third-order valence-corrected chi connectivity index (χ3v) is 7.48. The largest absolute Gasteiger partial charge is 0.324 e. The van der Waals surface area contributed by atoms with Crippen LogP contribution < -0.4 is 5.32 Å². The Morgan fingerprint density at radius 2 is 1.96 bits per heavy atom. The molecule has 0 radical (unpaired) electrons. The number of benzene rings is 2. The number of nitrogens with zero attached hydrogens (tertiary/aromatic N) is 3. The molecule has 0 aliphatic carbocycles. The quantitative estimate of drug-likeness (QED) is 0.705. The van der Waals surface area contributed by atoms with Gasteiger partial charge in [-0.2, -0.15) is 13.1 Å². The highest BCUT2D eigenvalue weighted by atomic mass is 32.2. The van der Waals surface area contributed by atoms with Gasteiger partial charge in [0.05, 0.1) is 11.7 Å². The Kier molecular flexibility index (Phi) is 5.13. The van der Waals surface area contributed by atoms with Crippen LogP contribution >= 0.6 is 11.7 Å². The Hall–Kier alpha value is -2.36. The van der Waals surface area contributed by atoms with Crippen molar-refractivity contribution in [2.75, 3.05) is 11.9 Å². The minimum absolute atomic E-state index is 0.106. The van der Waals surface area contributed by atoms with E-state index in [1.807, 2.05) is 31.2 Å². The van der Waals surface area contributed by atoms with Gasteiger partial charge in [0.2, 0.25) is 15.9 Å². The number of nitrogens with one attached hydrogen (secondary N) is 1. The molecule has 7 nitrogen and oxygen atoms in total. The van der Waals surface area contributed by atoms with Crippen molar-refractivity contribution in [1.82, 2.24) is 13.1 Å². The molecule has 2 heterocycles. The van der Waals surface area contributed by atoms with E-state index in [2.05, 4.69) is 14.1 Å². The molecule has 1 aliphatic rings. The molecule has 4 rings (SSSR count). The van der Waals surface area contributed by atoms with Crippen LogP contribution in [0.15, 0.2) is 47.4 Å². The maximum Gasteiger partial charge on any atom is 0.246 e. The molecule has 1 aromatic heterocycles. The summed E-state index contributed by atoms with van der Waals surface area (Å²) in [5.74, 6) is -0.304. The van der Waals surface area contributed by atoms with E-state index in [0.29, 0.717) is 29.7 Å². The standard InChI is InChI=1S/C19H20N4O3S2/c1-13-7-2-3-8-14(13)20-19(24)16-10-4-5-12-23(16)28(25,26)17-11-6-9-15-18(17)22-27-21-15/h2-3,6-9,11,16H,4-5,10,12H2,1H3,(H,20,24). The zero-order valence-electron chi connectivity index (χ0n) is 15.3. The first-order valence-electron chi connectivity index (χ1n) is 9.08. The molecule has 0 saturated carbocycles. The van der Waals surface area contributed by atoms with Crippen LogP contribution in [0.1, 0.15) is 24.8 Å². The number of para-hydroxylation sites is 1. The van der Waals surface area contributed by atoms with Gasteiger partial charge in [0.25, 0.3) is 0 Å². The molecule has 2 aromatic carbocycles. The van der Waals surface area contributed by atoms with E-state index in [-0.39, 0.29) is 10.8 Å². The summed E-state index contributed by atoms with van der Waals surface area (Å²) >= 11 is 0.978. The van der Waals surface area contributed by atoms with Crippen molar-refractivity contribution in [2.24, 2.45) is 0 Å².